The summed E-state index contributed by atoms with van der Waals surface area (Å²) in [7, 11) is 3.17. The van der Waals surface area contributed by atoms with E-state index < -0.39 is 17.5 Å². The summed E-state index contributed by atoms with van der Waals surface area (Å²) in [6.07, 6.45) is 12.1. The van der Waals surface area contributed by atoms with E-state index >= 15 is 0 Å². The van der Waals surface area contributed by atoms with Gasteiger partial charge in [0.15, 0.2) is 0 Å². The maximum absolute atomic E-state index is 13.3. The number of hydrogen-bond donors (Lipinski definition) is 3. The van der Waals surface area contributed by atoms with Crippen molar-refractivity contribution in [2.24, 2.45) is 22.2 Å². The van der Waals surface area contributed by atoms with Crippen LogP contribution in [0.1, 0.15) is 133 Å². The number of carbonyl (C=O) groups is 4. The monoisotopic (exact) mass is 1310 g/mol. The average Bonchev–Trinajstić information content (AvgIpc) is 3.70. The van der Waals surface area contributed by atoms with Gasteiger partial charge in [0.05, 0.1) is 45.5 Å². The van der Waals surface area contributed by atoms with Crippen molar-refractivity contribution in [2.75, 3.05) is 52.6 Å². The predicted molar refractivity (Wildman–Crippen MR) is 356 cm³/mol. The number of rotatable bonds is 24. The number of carboxylic acid groups (broad SMARTS) is 1. The number of aromatic nitrogens is 1. The molecule has 0 bridgehead atoms. The van der Waals surface area contributed by atoms with Gasteiger partial charge >= 0.3 is 5.97 Å². The smallest absolute Gasteiger partial charge is 0.303 e. The van der Waals surface area contributed by atoms with E-state index in [1.54, 1.807) is 36.2 Å². The summed E-state index contributed by atoms with van der Waals surface area (Å²) in [4.78, 5) is 65.3. The number of nitrogens with two attached hydrogens (primary N) is 1. The van der Waals surface area contributed by atoms with Gasteiger partial charge in [0.25, 0.3) is 5.91 Å². The second-order valence-corrected chi connectivity index (χ2v) is 26.7. The summed E-state index contributed by atoms with van der Waals surface area (Å²) >= 11 is 33.0. The maximum Gasteiger partial charge on any atom is 0.303 e. The van der Waals surface area contributed by atoms with Crippen molar-refractivity contribution in [1.82, 2.24) is 19.7 Å². The third kappa shape index (κ3) is 20.2. The molecule has 1 radical (unpaired) electrons. The maximum atomic E-state index is 13.3. The second kappa shape index (κ2) is 32.4. The number of halogens is 5. The first kappa shape index (κ1) is 69.8. The van der Waals surface area contributed by atoms with E-state index in [9.17, 15) is 29.4 Å². The fourth-order valence-electron chi connectivity index (χ4n) is 11.7. The summed E-state index contributed by atoms with van der Waals surface area (Å²) in [6.45, 7) is 6.97. The van der Waals surface area contributed by atoms with Gasteiger partial charge in [-0.2, -0.15) is 11.8 Å². The van der Waals surface area contributed by atoms with E-state index in [1.165, 1.54) is 12.7 Å². The SMILES string of the molecule is CC(C)(O)c1ccccc1CC[C@@H](SCC1(CC(=O)O)CC1)c1cccc(/C=C/c2ccc3ccc(Cl)cc3n2)c1.CO/N=C(\CN(C)C(=O)c1cc(Cl)cc(Cl)c1)[C@H](CCN1CCC(N2CCC[C@@H](CC(N)=O)C2=O)CC1)c1ccc(Cl)c(Cl)c1.[Na]. The van der Waals surface area contributed by atoms with Crippen molar-refractivity contribution in [3.63, 3.8) is 0 Å². The molecule has 1 aliphatic carbocycles. The second-order valence-electron chi connectivity index (χ2n) is 23.4. The minimum absolute atomic E-state index is 0. The van der Waals surface area contributed by atoms with Crippen LogP contribution in [0, 0.1) is 11.3 Å². The summed E-state index contributed by atoms with van der Waals surface area (Å²) in [6, 6.07) is 36.9. The molecule has 2 saturated heterocycles. The first-order chi connectivity index (χ1) is 41.1. The predicted octanol–water partition coefficient (Wildman–Crippen LogP) is 14.7. The number of piperidine rings is 2. The third-order valence-electron chi connectivity index (χ3n) is 16.4. The van der Waals surface area contributed by atoms with Crippen LogP contribution < -0.4 is 5.73 Å². The van der Waals surface area contributed by atoms with Gasteiger partial charge < -0.3 is 35.5 Å². The number of aliphatic carboxylic acids is 1. The number of aliphatic hydroxyl groups is 1. The van der Waals surface area contributed by atoms with Crippen LogP contribution in [0.5, 0.6) is 0 Å². The number of likely N-dealkylation sites (tertiary alicyclic amines) is 2. The minimum Gasteiger partial charge on any atom is -0.481 e. The van der Waals surface area contributed by atoms with Crippen molar-refractivity contribution >= 4 is 152 Å². The number of amides is 3. The Kier molecular flexibility index (Phi) is 26.0. The summed E-state index contributed by atoms with van der Waals surface area (Å²) in [5.74, 6) is -1.05. The van der Waals surface area contributed by atoms with Crippen molar-refractivity contribution in [1.29, 1.82) is 0 Å². The molecule has 5 aromatic carbocycles. The van der Waals surface area contributed by atoms with Crippen LogP contribution in [0.25, 0.3) is 23.1 Å². The molecule has 0 spiro atoms. The van der Waals surface area contributed by atoms with E-state index in [1.807, 2.05) is 91.2 Å². The van der Waals surface area contributed by atoms with Crippen LogP contribution in [0.4, 0.5) is 0 Å². The molecular formula is C67H75Cl5N6NaO7S. The number of benzene rings is 5. The van der Waals surface area contributed by atoms with E-state index in [-0.39, 0.29) is 89.3 Å². The molecule has 0 unspecified atom stereocenters. The average molecular weight is 1310 g/mol. The first-order valence-electron chi connectivity index (χ1n) is 29.1. The quantitative estimate of drug-likeness (QED) is 0.0300. The van der Waals surface area contributed by atoms with Crippen molar-refractivity contribution in [3.8, 4) is 0 Å². The molecule has 9 rings (SSSR count). The number of hydrogen-bond acceptors (Lipinski definition) is 10. The van der Waals surface area contributed by atoms with Crippen LogP contribution >= 0.6 is 69.8 Å². The van der Waals surface area contributed by atoms with Crippen molar-refractivity contribution < 1.29 is 34.2 Å². The van der Waals surface area contributed by atoms with Crippen LogP contribution in [-0.4, -0.2) is 148 Å². The van der Waals surface area contributed by atoms with E-state index in [0.29, 0.717) is 49.2 Å². The Balaban J connectivity index is 0.000000247. The molecule has 3 heterocycles. The molecule has 87 heavy (non-hydrogen) atoms. The number of thioether (sulfide) groups is 1. The Hall–Kier alpha value is -4.68. The molecule has 3 fully saturated rings. The van der Waals surface area contributed by atoms with Gasteiger partial charge in [-0.25, -0.2) is 4.98 Å². The summed E-state index contributed by atoms with van der Waals surface area (Å²) in [5, 5.41) is 28.1. The molecule has 20 heteroatoms. The van der Waals surface area contributed by atoms with Gasteiger partial charge in [0.2, 0.25) is 11.8 Å². The molecule has 457 valence electrons. The number of fused-ring (bicyclic) bond motifs is 1. The zero-order valence-electron chi connectivity index (χ0n) is 50.0. The Morgan fingerprint density at radius 1 is 0.851 bits per heavy atom. The first-order valence-corrected chi connectivity index (χ1v) is 32.1. The Bertz CT molecular complexity index is 3430. The van der Waals surface area contributed by atoms with E-state index in [2.05, 4.69) is 52.5 Å². The molecule has 3 amide bonds. The van der Waals surface area contributed by atoms with Gasteiger partial charge in [-0.3, -0.25) is 19.2 Å². The zero-order chi connectivity index (χ0) is 61.7. The number of primary amides is 1. The van der Waals surface area contributed by atoms with E-state index in [4.69, 9.17) is 73.6 Å². The molecule has 13 nitrogen and oxygen atoms in total. The summed E-state index contributed by atoms with van der Waals surface area (Å²) in [5.41, 5.74) is 12.5. The molecule has 3 atom stereocenters. The normalized spacial score (nSPS) is 17.0. The molecule has 6 aromatic rings. The van der Waals surface area contributed by atoms with Gasteiger partial charge in [-0.1, -0.05) is 136 Å². The Labute approximate surface area is 562 Å². The van der Waals surface area contributed by atoms with Crippen LogP contribution in [0.3, 0.4) is 0 Å². The van der Waals surface area contributed by atoms with Gasteiger partial charge in [0.1, 0.15) is 7.11 Å². The fraction of sp³-hybridized carbons (Fsp3) is 0.403. The molecule has 4 N–H and O–H groups in total. The molecule has 1 saturated carbocycles. The molecule has 1 aromatic heterocycles. The zero-order valence-corrected chi connectivity index (χ0v) is 56.6. The Morgan fingerprint density at radius 2 is 1.57 bits per heavy atom. The minimum atomic E-state index is -0.911. The molecule has 2 aliphatic heterocycles. The summed E-state index contributed by atoms with van der Waals surface area (Å²) < 4.78 is 0. The Morgan fingerprint density at radius 3 is 2.25 bits per heavy atom. The van der Waals surface area contributed by atoms with E-state index in [0.717, 1.165) is 116 Å². The third-order valence-corrected chi connectivity index (χ3v) is 19.5. The topological polar surface area (TPSA) is 179 Å². The number of oxime groups is 1. The van der Waals surface area contributed by atoms with Crippen LogP contribution in [-0.2, 0) is 31.2 Å². The molecule has 3 aliphatic rings. The number of carbonyl (C=O) groups excluding carboxylic acids is 3. The number of carboxylic acids is 1. The standard InChI is InChI=1S/C35H36ClNO3S.C32H39Cl4N5O4.Na/c1-34(2,40)30-9-4-3-7-25(30)13-17-32(41-23-35(18-19-35)22-33(38)39)27-8-5-6-24(20-27)10-15-29-16-12-26-11-14-28(36)21-31(26)37-29;1-39(31(43)22-14-23(33)18-24(34)15-22)19-29(38-45-2)26(20-5-6-27(35)28(36)16-20)9-13-40-11-7-25(8-12-40)41-10-3-4-21(32(41)44)17-30(37)42;/h3-12,14-16,20-21,32,40H,13,17-19,22-23H2,1-2H3,(H,38,39);5-6,14-16,18,21,25-26H,3-4,7-13,17,19H2,1-2H3,(H2,37,42);/b15-10+;38-29+;/t32-;21-,26+;/m10./s1. The van der Waals surface area contributed by atoms with Gasteiger partial charge in [-0.05, 0) is 166 Å². The number of nitrogens with zero attached hydrogens (tertiary/aromatic N) is 5. The van der Waals surface area contributed by atoms with Crippen LogP contribution in [0.2, 0.25) is 25.1 Å². The van der Waals surface area contributed by atoms with Crippen LogP contribution in [0.15, 0.2) is 120 Å². The largest absolute Gasteiger partial charge is 0.481 e. The van der Waals surface area contributed by atoms with Crippen molar-refractivity contribution in [3.05, 3.63) is 179 Å². The van der Waals surface area contributed by atoms with Gasteiger partial charge in [0, 0.05) is 118 Å². The number of aryl methyl sites for hydroxylation is 1. The number of pyridine rings is 1. The van der Waals surface area contributed by atoms with Crippen molar-refractivity contribution in [2.45, 2.75) is 107 Å². The van der Waals surface area contributed by atoms with Gasteiger partial charge in [-0.15, -0.1) is 0 Å². The fourth-order valence-corrected chi connectivity index (χ4v) is 14.3. The molecular weight excluding hydrogens is 1230 g/mol.